The number of ether oxygens (including phenoxy) is 1. The van der Waals surface area contributed by atoms with Crippen molar-refractivity contribution in [1.82, 2.24) is 14.6 Å². The quantitative estimate of drug-likeness (QED) is 0.392. The zero-order valence-corrected chi connectivity index (χ0v) is 14.7. The van der Waals surface area contributed by atoms with E-state index < -0.39 is 10.6 Å². The normalized spacial score (nSPS) is 11.6. The van der Waals surface area contributed by atoms with Crippen molar-refractivity contribution in [2.75, 3.05) is 12.4 Å². The second-order valence-corrected chi connectivity index (χ2v) is 6.94. The van der Waals surface area contributed by atoms with E-state index in [-0.39, 0.29) is 0 Å². The number of fused-ring (bicyclic) bond motifs is 2. The van der Waals surface area contributed by atoms with E-state index in [9.17, 15) is 4.21 Å². The third-order valence-electron chi connectivity index (χ3n) is 3.99. The van der Waals surface area contributed by atoms with E-state index in [1.807, 2.05) is 36.4 Å². The highest BCUT2D eigenvalue weighted by Gasteiger charge is 2.13. The molecule has 1 N–H and O–H groups in total. The van der Waals surface area contributed by atoms with Crippen LogP contribution in [-0.2, 0) is 14.8 Å². The minimum Gasteiger partial charge on any atom is -0.477 e. The minimum atomic E-state index is -1.50. The fraction of sp³-hybridized carbons (Fsp3) is 0.222. The van der Waals surface area contributed by atoms with Crippen molar-refractivity contribution >= 4 is 27.2 Å². The van der Waals surface area contributed by atoms with E-state index in [0.29, 0.717) is 36.1 Å². The molecule has 0 aliphatic heterocycles. The van der Waals surface area contributed by atoms with Gasteiger partial charge in [0.1, 0.15) is 11.3 Å². The van der Waals surface area contributed by atoms with Crippen molar-refractivity contribution < 1.29 is 13.4 Å². The number of imidazole rings is 1. The summed E-state index contributed by atoms with van der Waals surface area (Å²) in [5.41, 5.74) is 2.28. The maximum atomic E-state index is 10.7. The molecule has 0 saturated heterocycles. The molecule has 0 amide bonds. The van der Waals surface area contributed by atoms with Crippen LogP contribution in [0.15, 0.2) is 53.1 Å². The number of hydrogen-bond acceptors (Lipinski definition) is 7. The third-order valence-corrected chi connectivity index (χ3v) is 4.65. The van der Waals surface area contributed by atoms with Crippen LogP contribution in [-0.4, -0.2) is 27.0 Å². The van der Waals surface area contributed by atoms with Crippen LogP contribution < -0.4 is 4.74 Å². The van der Waals surface area contributed by atoms with Crippen LogP contribution in [0.1, 0.15) is 12.8 Å². The molecule has 0 atom stereocenters. The second-order valence-electron chi connectivity index (χ2n) is 5.84. The van der Waals surface area contributed by atoms with Crippen LogP contribution in [0.3, 0.4) is 0 Å². The molecular weight excluding hydrogens is 352 g/mol. The van der Waals surface area contributed by atoms with Crippen LogP contribution in [0.5, 0.6) is 5.88 Å². The monoisotopic (exact) mass is 369 g/mol. The van der Waals surface area contributed by atoms with Gasteiger partial charge in [-0.3, -0.25) is 0 Å². The summed E-state index contributed by atoms with van der Waals surface area (Å²) in [7, 11) is -1.50. The number of aromatic nitrogens is 3. The summed E-state index contributed by atoms with van der Waals surface area (Å²) in [6, 6.07) is 13.4. The molecule has 1 aromatic carbocycles. The van der Waals surface area contributed by atoms with Gasteiger partial charge in [-0.05, 0) is 24.6 Å². The summed E-state index contributed by atoms with van der Waals surface area (Å²) < 4.78 is 31.0. The smallest absolute Gasteiger partial charge is 0.231 e. The van der Waals surface area contributed by atoms with E-state index in [4.69, 9.17) is 13.9 Å². The summed E-state index contributed by atoms with van der Waals surface area (Å²) >= 11 is 0. The molecule has 7 nitrogen and oxygen atoms in total. The Balaban J connectivity index is 1.56. The average molecular weight is 369 g/mol. The van der Waals surface area contributed by atoms with Crippen molar-refractivity contribution in [1.29, 1.82) is 4.78 Å². The van der Waals surface area contributed by atoms with Gasteiger partial charge in [-0.1, -0.05) is 30.4 Å². The van der Waals surface area contributed by atoms with Gasteiger partial charge in [0.05, 0.1) is 12.8 Å². The summed E-state index contributed by atoms with van der Waals surface area (Å²) in [6.07, 6.45) is 3.14. The van der Waals surface area contributed by atoms with Gasteiger partial charge >= 0.3 is 0 Å². The molecule has 8 heteroatoms. The molecule has 3 heterocycles. The van der Waals surface area contributed by atoms with E-state index in [2.05, 4.69) is 10.1 Å². The number of benzene rings is 1. The van der Waals surface area contributed by atoms with E-state index in [1.54, 1.807) is 16.8 Å². The van der Waals surface area contributed by atoms with Crippen LogP contribution in [0.2, 0.25) is 0 Å². The summed E-state index contributed by atoms with van der Waals surface area (Å²) in [4.78, 5) is 4.37. The lowest BCUT2D eigenvalue weighted by atomic mass is 10.2. The lowest BCUT2D eigenvalue weighted by molar-refractivity contribution is 0.293. The van der Waals surface area contributed by atoms with Crippen molar-refractivity contribution in [2.24, 2.45) is 0 Å². The number of hydrogen-bond donors (Lipinski definition) is 1. The van der Waals surface area contributed by atoms with Crippen LogP contribution in [0.25, 0.3) is 28.1 Å². The summed E-state index contributed by atoms with van der Waals surface area (Å²) in [5, 5.41) is 5.51. The highest BCUT2D eigenvalue weighted by molar-refractivity contribution is 7.73. The molecule has 0 bridgehead atoms. The predicted molar refractivity (Wildman–Crippen MR) is 98.6 cm³/mol. The van der Waals surface area contributed by atoms with Gasteiger partial charge in [0.15, 0.2) is 11.4 Å². The second kappa shape index (κ2) is 7.17. The van der Waals surface area contributed by atoms with Gasteiger partial charge in [0, 0.05) is 11.5 Å². The SMILES string of the molecule is N=[S-](=O)CCCCOc1ccc2ncc(-c3cc4ccccc4o3)n2n1. The highest BCUT2D eigenvalue weighted by Crippen LogP contribution is 2.28. The lowest BCUT2D eigenvalue weighted by Gasteiger charge is -2.06. The molecule has 4 rings (SSSR count). The maximum Gasteiger partial charge on any atom is 0.231 e. The summed E-state index contributed by atoms with van der Waals surface area (Å²) in [6.45, 7) is 0.463. The first-order chi connectivity index (χ1) is 12.7. The van der Waals surface area contributed by atoms with Crippen LogP contribution in [0.4, 0.5) is 0 Å². The van der Waals surface area contributed by atoms with Crippen molar-refractivity contribution in [2.45, 2.75) is 12.8 Å². The molecule has 26 heavy (non-hydrogen) atoms. The molecule has 0 unspecified atom stereocenters. The van der Waals surface area contributed by atoms with Crippen molar-refractivity contribution in [3.8, 4) is 17.3 Å². The predicted octanol–water partition coefficient (Wildman–Crippen LogP) is 4.03. The Kier molecular flexibility index (Phi) is 4.57. The zero-order chi connectivity index (χ0) is 17.9. The Labute approximate surface area is 151 Å². The minimum absolute atomic E-state index is 0.369. The van der Waals surface area contributed by atoms with E-state index in [1.165, 1.54) is 0 Å². The van der Waals surface area contributed by atoms with E-state index >= 15 is 0 Å². The maximum absolute atomic E-state index is 10.7. The van der Waals surface area contributed by atoms with Crippen LogP contribution in [0, 0.1) is 4.78 Å². The van der Waals surface area contributed by atoms with Crippen molar-refractivity contribution in [3.05, 3.63) is 48.7 Å². The number of unbranched alkanes of at least 4 members (excludes halogenated alkanes) is 1. The van der Waals surface area contributed by atoms with Gasteiger partial charge in [-0.25, -0.2) is 9.50 Å². The van der Waals surface area contributed by atoms with Crippen molar-refractivity contribution in [3.63, 3.8) is 0 Å². The first-order valence-electron chi connectivity index (χ1n) is 8.27. The van der Waals surface area contributed by atoms with Gasteiger partial charge in [0.2, 0.25) is 5.88 Å². The standard InChI is InChI=1S/C18H17N4O3S/c19-26(23)10-4-3-9-24-18-8-7-17-20-12-14(22(17)21-18)16-11-13-5-1-2-6-15(13)25-16/h1-2,5-8,11-12,19H,3-4,9-10H2/q-1. The Bertz CT molecular complexity index is 1090. The fourth-order valence-electron chi connectivity index (χ4n) is 2.72. The molecule has 0 aliphatic rings. The average Bonchev–Trinajstić information content (AvgIpc) is 3.24. The Morgan fingerprint density at radius 3 is 2.92 bits per heavy atom. The number of para-hydroxylation sites is 1. The first-order valence-corrected chi connectivity index (χ1v) is 9.59. The van der Waals surface area contributed by atoms with E-state index in [0.717, 1.165) is 23.1 Å². The molecule has 0 radical (unpaired) electrons. The number of furan rings is 1. The van der Waals surface area contributed by atoms with Gasteiger partial charge in [-0.2, -0.15) is 10.6 Å². The number of nitrogens with one attached hydrogen (secondary N) is 1. The molecule has 0 saturated carbocycles. The zero-order valence-electron chi connectivity index (χ0n) is 13.9. The Hall–Kier alpha value is -2.87. The molecule has 134 valence electrons. The molecule has 0 spiro atoms. The molecule has 0 fully saturated rings. The number of rotatable bonds is 7. The first kappa shape index (κ1) is 16.6. The molecule has 0 aliphatic carbocycles. The highest BCUT2D eigenvalue weighted by atomic mass is 32.2. The Morgan fingerprint density at radius 2 is 2.08 bits per heavy atom. The molecule has 4 aromatic rings. The fourth-order valence-corrected chi connectivity index (χ4v) is 3.19. The molecule has 3 aromatic heterocycles. The largest absolute Gasteiger partial charge is 0.477 e. The number of nitrogens with zero attached hydrogens (tertiary/aromatic N) is 3. The lowest BCUT2D eigenvalue weighted by Crippen LogP contribution is -2.03. The molecular formula is C18H17N4O3S-. The van der Waals surface area contributed by atoms with Gasteiger partial charge in [-0.15, -0.1) is 5.10 Å². The van der Waals surface area contributed by atoms with Gasteiger partial charge < -0.3 is 18.1 Å². The topological polar surface area (TPSA) is 93.5 Å². The Morgan fingerprint density at radius 1 is 1.19 bits per heavy atom. The van der Waals surface area contributed by atoms with Gasteiger partial charge in [0.25, 0.3) is 0 Å². The van der Waals surface area contributed by atoms with Crippen LogP contribution >= 0.6 is 0 Å². The third kappa shape index (κ3) is 3.41. The summed E-state index contributed by atoms with van der Waals surface area (Å²) in [5.74, 6) is 1.55.